The normalized spacial score (nSPS) is 14.2. The molecule has 0 fully saturated rings. The highest BCUT2D eigenvalue weighted by Crippen LogP contribution is 2.25. The second-order valence-electron chi connectivity index (χ2n) is 7.64. The quantitative estimate of drug-likeness (QED) is 0.474. The van der Waals surface area contributed by atoms with Crippen molar-refractivity contribution in [3.05, 3.63) is 57.8 Å². The average molecular weight is 441 g/mol. The van der Waals surface area contributed by atoms with Crippen LogP contribution in [-0.2, 0) is 33.9 Å². The van der Waals surface area contributed by atoms with E-state index in [0.29, 0.717) is 17.8 Å². The van der Waals surface area contributed by atoms with Crippen molar-refractivity contribution in [1.29, 1.82) is 0 Å². The van der Waals surface area contributed by atoms with Crippen LogP contribution in [0.15, 0.2) is 35.3 Å². The molecule has 0 N–H and O–H groups in total. The van der Waals surface area contributed by atoms with Crippen LogP contribution in [0, 0.1) is 5.92 Å². The van der Waals surface area contributed by atoms with Crippen LogP contribution in [0.1, 0.15) is 42.0 Å². The topological polar surface area (TPSA) is 108 Å². The molecule has 1 atom stereocenters. The summed E-state index contributed by atoms with van der Waals surface area (Å²) < 4.78 is 12.2. The summed E-state index contributed by atoms with van der Waals surface area (Å²) in [5.41, 5.74) is 0.849. The summed E-state index contributed by atoms with van der Waals surface area (Å²) in [5, 5.41) is 0. The molecule has 0 radical (unpaired) electrons. The lowest BCUT2D eigenvalue weighted by Crippen LogP contribution is -2.40. The number of rotatable bonds is 7. The summed E-state index contributed by atoms with van der Waals surface area (Å²) in [6, 6.07) is 6.61. The minimum Gasteiger partial charge on any atom is -0.486 e. The third kappa shape index (κ3) is 4.87. The summed E-state index contributed by atoms with van der Waals surface area (Å²) in [6.45, 7) is 4.21. The zero-order chi connectivity index (χ0) is 23.3. The SMILES string of the molecule is CCC(C)C(=O)C(=O)N1CCc2c(C(=O)OC)c(OCc3ccccn3)cc(=O)n2CC1. The lowest BCUT2D eigenvalue weighted by molar-refractivity contribution is -0.146. The first-order valence-corrected chi connectivity index (χ1v) is 10.6. The maximum absolute atomic E-state index is 12.8. The number of nitrogens with zero attached hydrogens (tertiary/aromatic N) is 3. The number of hydrogen-bond acceptors (Lipinski definition) is 7. The van der Waals surface area contributed by atoms with Gasteiger partial charge in [-0.15, -0.1) is 0 Å². The monoisotopic (exact) mass is 441 g/mol. The Balaban J connectivity index is 1.92. The number of aromatic nitrogens is 2. The molecule has 1 aliphatic rings. The van der Waals surface area contributed by atoms with E-state index >= 15 is 0 Å². The smallest absolute Gasteiger partial charge is 0.343 e. The van der Waals surface area contributed by atoms with Crippen molar-refractivity contribution in [2.45, 2.75) is 39.8 Å². The van der Waals surface area contributed by atoms with Gasteiger partial charge in [0, 0.05) is 49.9 Å². The van der Waals surface area contributed by atoms with Crippen molar-refractivity contribution < 1.29 is 23.9 Å². The van der Waals surface area contributed by atoms with E-state index in [2.05, 4.69) is 4.98 Å². The second kappa shape index (κ2) is 10.2. The number of amides is 1. The van der Waals surface area contributed by atoms with Gasteiger partial charge >= 0.3 is 5.97 Å². The highest BCUT2D eigenvalue weighted by atomic mass is 16.5. The Morgan fingerprint density at radius 1 is 1.19 bits per heavy atom. The van der Waals surface area contributed by atoms with E-state index in [-0.39, 0.29) is 55.5 Å². The van der Waals surface area contributed by atoms with Crippen LogP contribution in [0.25, 0.3) is 0 Å². The minimum atomic E-state index is -0.639. The van der Waals surface area contributed by atoms with Crippen LogP contribution >= 0.6 is 0 Å². The van der Waals surface area contributed by atoms with Crippen LogP contribution in [-0.4, -0.2) is 52.3 Å². The van der Waals surface area contributed by atoms with E-state index in [0.717, 1.165) is 0 Å². The Morgan fingerprint density at radius 3 is 2.62 bits per heavy atom. The number of hydrogen-bond donors (Lipinski definition) is 0. The third-order valence-electron chi connectivity index (χ3n) is 5.64. The fraction of sp³-hybridized carbons (Fsp3) is 0.435. The van der Waals surface area contributed by atoms with Gasteiger partial charge in [-0.05, 0) is 18.6 Å². The van der Waals surface area contributed by atoms with Crippen LogP contribution in [0.4, 0.5) is 0 Å². The van der Waals surface area contributed by atoms with E-state index in [4.69, 9.17) is 9.47 Å². The van der Waals surface area contributed by atoms with Gasteiger partial charge in [0.2, 0.25) is 5.78 Å². The predicted molar refractivity (Wildman–Crippen MR) is 115 cm³/mol. The summed E-state index contributed by atoms with van der Waals surface area (Å²) in [7, 11) is 1.25. The van der Waals surface area contributed by atoms with Crippen molar-refractivity contribution in [2.24, 2.45) is 5.92 Å². The Hall–Kier alpha value is -3.49. The molecule has 0 saturated heterocycles. The summed E-state index contributed by atoms with van der Waals surface area (Å²) >= 11 is 0. The van der Waals surface area contributed by atoms with E-state index in [1.807, 2.05) is 13.0 Å². The van der Waals surface area contributed by atoms with Gasteiger partial charge in [-0.1, -0.05) is 19.9 Å². The number of pyridine rings is 2. The molecule has 3 rings (SSSR count). The molecule has 1 aliphatic heterocycles. The Kier molecular flexibility index (Phi) is 7.40. The van der Waals surface area contributed by atoms with Crippen molar-refractivity contribution in [3.63, 3.8) is 0 Å². The highest BCUT2D eigenvalue weighted by molar-refractivity contribution is 6.36. The molecule has 0 bridgehead atoms. The molecule has 0 saturated carbocycles. The zero-order valence-corrected chi connectivity index (χ0v) is 18.5. The molecule has 0 spiro atoms. The Labute approximate surface area is 186 Å². The van der Waals surface area contributed by atoms with E-state index < -0.39 is 17.7 Å². The number of ketones is 1. The molecular weight excluding hydrogens is 414 g/mol. The first kappa shape index (κ1) is 23.2. The molecule has 170 valence electrons. The Morgan fingerprint density at radius 2 is 1.97 bits per heavy atom. The molecule has 9 heteroatoms. The molecular formula is C23H27N3O6. The molecule has 3 heterocycles. The van der Waals surface area contributed by atoms with E-state index in [1.165, 1.54) is 22.6 Å². The first-order chi connectivity index (χ1) is 15.4. The van der Waals surface area contributed by atoms with Gasteiger partial charge in [0.15, 0.2) is 0 Å². The fourth-order valence-electron chi connectivity index (χ4n) is 3.58. The highest BCUT2D eigenvalue weighted by Gasteiger charge is 2.30. The van der Waals surface area contributed by atoms with Crippen molar-refractivity contribution in [3.8, 4) is 5.75 Å². The van der Waals surface area contributed by atoms with E-state index in [9.17, 15) is 19.2 Å². The number of methoxy groups -OCH3 is 1. The van der Waals surface area contributed by atoms with Gasteiger partial charge in [0.1, 0.15) is 17.9 Å². The molecule has 32 heavy (non-hydrogen) atoms. The number of carbonyl (C=O) groups is 3. The number of esters is 1. The number of Topliss-reactive ketones (excluding diaryl/α,β-unsaturated/α-hetero) is 1. The predicted octanol–water partition coefficient (Wildman–Crippen LogP) is 1.61. The van der Waals surface area contributed by atoms with Crippen molar-refractivity contribution in [2.75, 3.05) is 20.2 Å². The molecule has 0 aromatic carbocycles. The van der Waals surface area contributed by atoms with Gasteiger partial charge in [0.05, 0.1) is 12.8 Å². The van der Waals surface area contributed by atoms with Crippen LogP contribution in [0.5, 0.6) is 5.75 Å². The molecule has 1 unspecified atom stereocenters. The molecule has 2 aromatic heterocycles. The lowest BCUT2D eigenvalue weighted by Gasteiger charge is -2.20. The van der Waals surface area contributed by atoms with Crippen molar-refractivity contribution >= 4 is 17.7 Å². The molecule has 9 nitrogen and oxygen atoms in total. The maximum Gasteiger partial charge on any atom is 0.343 e. The van der Waals surface area contributed by atoms with Gasteiger partial charge < -0.3 is 18.9 Å². The minimum absolute atomic E-state index is 0.0712. The number of fused-ring (bicyclic) bond motifs is 1. The Bertz CT molecular complexity index is 1060. The summed E-state index contributed by atoms with van der Waals surface area (Å²) in [5.74, 6) is -1.91. The standard InChI is InChI=1S/C23H27N3O6/c1-4-15(2)21(28)22(29)25-10-8-17-20(23(30)31-3)18(13-19(27)26(17)12-11-25)32-14-16-7-5-6-9-24-16/h5-7,9,13,15H,4,8,10-12,14H2,1-3H3. The third-order valence-corrected chi connectivity index (χ3v) is 5.64. The maximum atomic E-state index is 12.8. The zero-order valence-electron chi connectivity index (χ0n) is 18.5. The first-order valence-electron chi connectivity index (χ1n) is 10.6. The molecule has 2 aromatic rings. The van der Waals surface area contributed by atoms with E-state index in [1.54, 1.807) is 25.3 Å². The van der Waals surface area contributed by atoms with Crippen LogP contribution < -0.4 is 10.3 Å². The van der Waals surface area contributed by atoms with Crippen LogP contribution in [0.2, 0.25) is 0 Å². The largest absolute Gasteiger partial charge is 0.486 e. The van der Waals surface area contributed by atoms with Crippen LogP contribution in [0.3, 0.4) is 0 Å². The lowest BCUT2D eigenvalue weighted by atomic mass is 10.0. The molecule has 1 amide bonds. The number of ether oxygens (including phenoxy) is 2. The molecule has 0 aliphatic carbocycles. The average Bonchev–Trinajstić information content (AvgIpc) is 3.05. The van der Waals surface area contributed by atoms with Gasteiger partial charge in [-0.3, -0.25) is 19.4 Å². The van der Waals surface area contributed by atoms with Crippen molar-refractivity contribution in [1.82, 2.24) is 14.5 Å². The van der Waals surface area contributed by atoms with Gasteiger partial charge in [-0.25, -0.2) is 4.79 Å². The van der Waals surface area contributed by atoms with Gasteiger partial charge in [-0.2, -0.15) is 0 Å². The fourth-order valence-corrected chi connectivity index (χ4v) is 3.58. The summed E-state index contributed by atoms with van der Waals surface area (Å²) in [4.78, 5) is 56.1. The second-order valence-corrected chi connectivity index (χ2v) is 7.64. The number of carbonyl (C=O) groups excluding carboxylic acids is 3. The van der Waals surface area contributed by atoms with Gasteiger partial charge in [0.25, 0.3) is 11.5 Å². The summed E-state index contributed by atoms with van der Waals surface area (Å²) in [6.07, 6.45) is 2.40.